The Bertz CT molecular complexity index is 589. The molecule has 2 aromatic heterocycles. The summed E-state index contributed by atoms with van der Waals surface area (Å²) in [7, 11) is 1.93. The SMILES string of the molecule is Cc1nn(C)c2ncnc(NC3CCCCC3C)c12. The molecule has 2 unspecified atom stereocenters. The molecule has 2 heterocycles. The second-order valence-corrected chi connectivity index (χ2v) is 5.64. The van der Waals surface area contributed by atoms with E-state index in [1.165, 1.54) is 25.7 Å². The van der Waals surface area contributed by atoms with Gasteiger partial charge in [0.2, 0.25) is 0 Å². The van der Waals surface area contributed by atoms with Crippen LogP contribution in [0.1, 0.15) is 38.3 Å². The molecule has 102 valence electrons. The zero-order valence-corrected chi connectivity index (χ0v) is 11.8. The van der Waals surface area contributed by atoms with Crippen LogP contribution in [0.15, 0.2) is 6.33 Å². The molecule has 0 aromatic carbocycles. The number of nitrogens with one attached hydrogen (secondary N) is 1. The topological polar surface area (TPSA) is 55.6 Å². The highest BCUT2D eigenvalue weighted by Gasteiger charge is 2.23. The normalized spacial score (nSPS) is 23.7. The lowest BCUT2D eigenvalue weighted by molar-refractivity contribution is 0.349. The van der Waals surface area contributed by atoms with Gasteiger partial charge in [-0.2, -0.15) is 5.10 Å². The molecule has 0 aliphatic heterocycles. The Morgan fingerprint density at radius 1 is 1.26 bits per heavy atom. The second kappa shape index (κ2) is 4.79. The highest BCUT2D eigenvalue weighted by Crippen LogP contribution is 2.29. The number of hydrogen-bond donors (Lipinski definition) is 1. The highest BCUT2D eigenvalue weighted by atomic mass is 15.3. The van der Waals surface area contributed by atoms with E-state index in [4.69, 9.17) is 0 Å². The second-order valence-electron chi connectivity index (χ2n) is 5.64. The van der Waals surface area contributed by atoms with Crippen LogP contribution < -0.4 is 5.32 Å². The average molecular weight is 259 g/mol. The summed E-state index contributed by atoms with van der Waals surface area (Å²) in [5, 5.41) is 9.12. The summed E-state index contributed by atoms with van der Waals surface area (Å²) in [6.07, 6.45) is 6.82. The maximum absolute atomic E-state index is 4.44. The van der Waals surface area contributed by atoms with Crippen LogP contribution in [-0.2, 0) is 7.05 Å². The molecule has 2 atom stereocenters. The summed E-state index contributed by atoms with van der Waals surface area (Å²) >= 11 is 0. The van der Waals surface area contributed by atoms with Crippen molar-refractivity contribution in [3.05, 3.63) is 12.0 Å². The van der Waals surface area contributed by atoms with E-state index < -0.39 is 0 Å². The van der Waals surface area contributed by atoms with E-state index in [0.29, 0.717) is 12.0 Å². The number of aromatic nitrogens is 4. The number of rotatable bonds is 2. The molecule has 0 amide bonds. The van der Waals surface area contributed by atoms with Gasteiger partial charge >= 0.3 is 0 Å². The van der Waals surface area contributed by atoms with Crippen LogP contribution in [0.5, 0.6) is 0 Å². The molecular formula is C14H21N5. The molecule has 5 heteroatoms. The lowest BCUT2D eigenvalue weighted by Gasteiger charge is -2.30. The molecule has 0 radical (unpaired) electrons. The predicted molar refractivity (Wildman–Crippen MR) is 76.1 cm³/mol. The van der Waals surface area contributed by atoms with E-state index in [0.717, 1.165) is 22.5 Å². The molecule has 3 rings (SSSR count). The standard InChI is InChI=1S/C14H21N5/c1-9-6-4-5-7-11(9)17-13-12-10(2)18-19(3)14(12)16-8-15-13/h8-9,11H,4-7H2,1-3H3,(H,15,16,17). The minimum Gasteiger partial charge on any atom is -0.366 e. The Labute approximate surface area is 113 Å². The molecule has 1 saturated carbocycles. The van der Waals surface area contributed by atoms with Crippen molar-refractivity contribution < 1.29 is 0 Å². The van der Waals surface area contributed by atoms with Crippen LogP contribution in [0.25, 0.3) is 11.0 Å². The molecule has 5 nitrogen and oxygen atoms in total. The fourth-order valence-electron chi connectivity index (χ4n) is 3.09. The molecule has 1 fully saturated rings. The first-order valence-electron chi connectivity index (χ1n) is 7.07. The van der Waals surface area contributed by atoms with Crippen molar-refractivity contribution >= 4 is 16.9 Å². The van der Waals surface area contributed by atoms with Crippen LogP contribution >= 0.6 is 0 Å². The van der Waals surface area contributed by atoms with Crippen LogP contribution in [0.4, 0.5) is 5.82 Å². The van der Waals surface area contributed by atoms with Gasteiger partial charge in [0.05, 0.1) is 11.1 Å². The van der Waals surface area contributed by atoms with Gasteiger partial charge in [-0.25, -0.2) is 9.97 Å². The van der Waals surface area contributed by atoms with E-state index in [9.17, 15) is 0 Å². The van der Waals surface area contributed by atoms with Gasteiger partial charge in [0, 0.05) is 13.1 Å². The lowest BCUT2D eigenvalue weighted by atomic mass is 9.86. The number of aryl methyl sites for hydroxylation is 2. The molecule has 0 saturated heterocycles. The zero-order chi connectivity index (χ0) is 13.4. The Morgan fingerprint density at radius 3 is 2.84 bits per heavy atom. The van der Waals surface area contributed by atoms with Gasteiger partial charge in [0.1, 0.15) is 12.1 Å². The fourth-order valence-corrected chi connectivity index (χ4v) is 3.09. The average Bonchev–Trinajstić information content (AvgIpc) is 2.69. The summed E-state index contributed by atoms with van der Waals surface area (Å²) in [4.78, 5) is 8.76. The van der Waals surface area contributed by atoms with E-state index in [-0.39, 0.29) is 0 Å². The lowest BCUT2D eigenvalue weighted by Crippen LogP contribution is -2.30. The largest absolute Gasteiger partial charge is 0.366 e. The zero-order valence-electron chi connectivity index (χ0n) is 11.8. The van der Waals surface area contributed by atoms with Crippen LogP contribution in [-0.4, -0.2) is 25.8 Å². The van der Waals surface area contributed by atoms with E-state index in [1.807, 2.05) is 18.7 Å². The Balaban J connectivity index is 1.96. The van der Waals surface area contributed by atoms with Crippen molar-refractivity contribution in [1.29, 1.82) is 0 Å². The quantitative estimate of drug-likeness (QED) is 0.901. The number of anilines is 1. The minimum atomic E-state index is 0.520. The van der Waals surface area contributed by atoms with Gasteiger partial charge in [-0.15, -0.1) is 0 Å². The molecule has 19 heavy (non-hydrogen) atoms. The fraction of sp³-hybridized carbons (Fsp3) is 0.643. The van der Waals surface area contributed by atoms with Gasteiger partial charge in [-0.05, 0) is 25.7 Å². The first kappa shape index (κ1) is 12.4. The summed E-state index contributed by atoms with van der Waals surface area (Å²) in [5.41, 5.74) is 1.89. The van der Waals surface area contributed by atoms with E-state index in [2.05, 4.69) is 27.3 Å². The van der Waals surface area contributed by atoms with Crippen molar-refractivity contribution in [2.45, 2.75) is 45.6 Å². The number of nitrogens with zero attached hydrogens (tertiary/aromatic N) is 4. The van der Waals surface area contributed by atoms with Crippen molar-refractivity contribution in [3.8, 4) is 0 Å². The minimum absolute atomic E-state index is 0.520. The van der Waals surface area contributed by atoms with E-state index in [1.54, 1.807) is 6.33 Å². The first-order valence-corrected chi connectivity index (χ1v) is 7.07. The maximum atomic E-state index is 4.44. The Kier molecular flexibility index (Phi) is 3.12. The summed E-state index contributed by atoms with van der Waals surface area (Å²) in [5.74, 6) is 1.64. The molecule has 1 aliphatic rings. The van der Waals surface area contributed by atoms with Crippen LogP contribution in [0.3, 0.4) is 0 Å². The number of hydrogen-bond acceptors (Lipinski definition) is 4. The Morgan fingerprint density at radius 2 is 2.05 bits per heavy atom. The molecule has 1 aliphatic carbocycles. The third kappa shape index (κ3) is 2.17. The first-order chi connectivity index (χ1) is 9.16. The summed E-state index contributed by atoms with van der Waals surface area (Å²) in [6, 6.07) is 0.520. The van der Waals surface area contributed by atoms with Gasteiger partial charge in [-0.3, -0.25) is 4.68 Å². The van der Waals surface area contributed by atoms with Gasteiger partial charge in [0.15, 0.2) is 5.65 Å². The molecule has 2 aromatic rings. The molecule has 1 N–H and O–H groups in total. The van der Waals surface area contributed by atoms with Gasteiger partial charge in [0.25, 0.3) is 0 Å². The summed E-state index contributed by atoms with van der Waals surface area (Å²) < 4.78 is 1.82. The summed E-state index contributed by atoms with van der Waals surface area (Å²) in [6.45, 7) is 4.34. The third-order valence-electron chi connectivity index (χ3n) is 4.23. The third-order valence-corrected chi connectivity index (χ3v) is 4.23. The molecule has 0 spiro atoms. The van der Waals surface area contributed by atoms with Crippen LogP contribution in [0, 0.1) is 12.8 Å². The number of fused-ring (bicyclic) bond motifs is 1. The Hall–Kier alpha value is -1.65. The van der Waals surface area contributed by atoms with Crippen molar-refractivity contribution in [1.82, 2.24) is 19.7 Å². The monoisotopic (exact) mass is 259 g/mol. The highest BCUT2D eigenvalue weighted by molar-refractivity contribution is 5.89. The molecule has 0 bridgehead atoms. The predicted octanol–water partition coefficient (Wildman–Crippen LogP) is 2.66. The van der Waals surface area contributed by atoms with E-state index >= 15 is 0 Å². The van der Waals surface area contributed by atoms with Crippen molar-refractivity contribution in [3.63, 3.8) is 0 Å². The van der Waals surface area contributed by atoms with Gasteiger partial charge < -0.3 is 5.32 Å². The maximum Gasteiger partial charge on any atom is 0.163 e. The van der Waals surface area contributed by atoms with Crippen LogP contribution in [0.2, 0.25) is 0 Å². The smallest absolute Gasteiger partial charge is 0.163 e. The van der Waals surface area contributed by atoms with Crippen molar-refractivity contribution in [2.24, 2.45) is 13.0 Å². The van der Waals surface area contributed by atoms with Crippen molar-refractivity contribution in [2.75, 3.05) is 5.32 Å². The van der Waals surface area contributed by atoms with Gasteiger partial charge in [-0.1, -0.05) is 19.8 Å². The molecular weight excluding hydrogens is 238 g/mol.